The lowest BCUT2D eigenvalue weighted by atomic mass is 9.95. The number of carboxylic acid groups (broad SMARTS) is 1. The van der Waals surface area contributed by atoms with Crippen LogP contribution in [0.25, 0.3) is 0 Å². The summed E-state index contributed by atoms with van der Waals surface area (Å²) in [4.78, 5) is 34.4. The normalized spacial score (nSPS) is 15.3. The summed E-state index contributed by atoms with van der Waals surface area (Å²) in [5.41, 5.74) is 0.696. The van der Waals surface area contributed by atoms with Crippen molar-refractivity contribution in [2.45, 2.75) is 38.1 Å². The van der Waals surface area contributed by atoms with E-state index in [-0.39, 0.29) is 11.9 Å². The second-order valence-corrected chi connectivity index (χ2v) is 5.50. The van der Waals surface area contributed by atoms with Crippen molar-refractivity contribution in [2.75, 3.05) is 5.32 Å². The Morgan fingerprint density at radius 2 is 1.74 bits per heavy atom. The van der Waals surface area contributed by atoms with Gasteiger partial charge in [0.05, 0.1) is 17.2 Å². The molecule has 0 unspecified atom stereocenters. The van der Waals surface area contributed by atoms with Crippen LogP contribution in [0.4, 0.5) is 5.69 Å². The van der Waals surface area contributed by atoms with Crippen molar-refractivity contribution in [1.82, 2.24) is 5.32 Å². The van der Waals surface area contributed by atoms with E-state index in [4.69, 9.17) is 0 Å². The second kappa shape index (κ2) is 8.12. The van der Waals surface area contributed by atoms with Gasteiger partial charge in [-0.05, 0) is 31.1 Å². The van der Waals surface area contributed by atoms with Gasteiger partial charge in [-0.3, -0.25) is 9.59 Å². The molecule has 0 saturated heterocycles. The molecule has 0 aliphatic heterocycles. The van der Waals surface area contributed by atoms with Crippen LogP contribution in [0.5, 0.6) is 0 Å². The summed E-state index contributed by atoms with van der Waals surface area (Å²) in [6, 6.07) is 6.78. The molecule has 2 rings (SSSR count). The van der Waals surface area contributed by atoms with E-state index in [1.807, 2.05) is 0 Å². The minimum atomic E-state index is -1.46. The summed E-state index contributed by atoms with van der Waals surface area (Å²) in [6.45, 7) is 0. The molecule has 0 bridgehead atoms. The molecule has 0 heterocycles. The first-order valence-corrected chi connectivity index (χ1v) is 7.66. The molecule has 6 nitrogen and oxygen atoms in total. The van der Waals surface area contributed by atoms with Crippen molar-refractivity contribution in [3.63, 3.8) is 0 Å². The number of anilines is 1. The van der Waals surface area contributed by atoms with Crippen molar-refractivity contribution in [2.24, 2.45) is 0 Å². The maximum absolute atomic E-state index is 12.4. The number of carbonyl (C=O) groups is 3. The van der Waals surface area contributed by atoms with Gasteiger partial charge in [-0.2, -0.15) is 0 Å². The molecule has 1 aromatic rings. The van der Waals surface area contributed by atoms with Gasteiger partial charge in [-0.25, -0.2) is 0 Å². The molecule has 1 aliphatic carbocycles. The number of aliphatic carboxylic acids is 1. The Hall–Kier alpha value is -2.63. The Bertz CT molecular complexity index is 619. The quantitative estimate of drug-likeness (QED) is 0.792. The molecule has 6 heteroatoms. The maximum Gasteiger partial charge on any atom is 0.253 e. The minimum absolute atomic E-state index is 0.165. The van der Waals surface area contributed by atoms with Gasteiger partial charge in [0, 0.05) is 12.1 Å². The SMILES string of the molecule is O=C([O-])/C=C\C(=O)Nc1ccccc1C(=O)NC1CCCCC1. The molecule has 122 valence electrons. The smallest absolute Gasteiger partial charge is 0.253 e. The standard InChI is InChI=1S/C17H20N2O4/c20-15(10-11-16(21)22)19-14-9-5-4-8-13(14)17(23)18-12-6-2-1-3-7-12/h4-5,8-12H,1-3,6-7H2,(H,18,23)(H,19,20)(H,21,22)/p-1/b11-10-. The molecule has 1 aliphatic rings. The molecule has 0 atom stereocenters. The third kappa shape index (κ3) is 5.25. The third-order valence-electron chi connectivity index (χ3n) is 3.74. The predicted molar refractivity (Wildman–Crippen MR) is 83.6 cm³/mol. The van der Waals surface area contributed by atoms with Gasteiger partial charge in [0.15, 0.2) is 0 Å². The Morgan fingerprint density at radius 3 is 2.43 bits per heavy atom. The van der Waals surface area contributed by atoms with Gasteiger partial charge in [0.25, 0.3) is 5.91 Å². The van der Waals surface area contributed by atoms with E-state index >= 15 is 0 Å². The lowest BCUT2D eigenvalue weighted by molar-refractivity contribution is -0.297. The van der Waals surface area contributed by atoms with Crippen LogP contribution >= 0.6 is 0 Å². The average Bonchev–Trinajstić information content (AvgIpc) is 2.54. The number of hydrogen-bond acceptors (Lipinski definition) is 4. The van der Waals surface area contributed by atoms with Crippen LogP contribution in [-0.2, 0) is 9.59 Å². The average molecular weight is 315 g/mol. The highest BCUT2D eigenvalue weighted by Gasteiger charge is 2.18. The highest BCUT2D eigenvalue weighted by atomic mass is 16.4. The predicted octanol–water partition coefficient (Wildman–Crippen LogP) is 0.994. The summed E-state index contributed by atoms with van der Waals surface area (Å²) in [6.07, 6.45) is 6.84. The van der Waals surface area contributed by atoms with E-state index in [9.17, 15) is 19.5 Å². The molecule has 23 heavy (non-hydrogen) atoms. The number of carbonyl (C=O) groups excluding carboxylic acids is 3. The van der Waals surface area contributed by atoms with Gasteiger partial charge in [0.2, 0.25) is 5.91 Å². The van der Waals surface area contributed by atoms with Crippen molar-refractivity contribution in [3.8, 4) is 0 Å². The Kier molecular flexibility index (Phi) is 5.91. The van der Waals surface area contributed by atoms with Crippen LogP contribution in [0.1, 0.15) is 42.5 Å². The Morgan fingerprint density at radius 1 is 1.04 bits per heavy atom. The Balaban J connectivity index is 2.05. The van der Waals surface area contributed by atoms with Crippen molar-refractivity contribution >= 4 is 23.5 Å². The lowest BCUT2D eigenvalue weighted by Gasteiger charge is -2.23. The summed E-state index contributed by atoms with van der Waals surface area (Å²) < 4.78 is 0. The minimum Gasteiger partial charge on any atom is -0.545 e. The van der Waals surface area contributed by atoms with Crippen molar-refractivity contribution in [3.05, 3.63) is 42.0 Å². The van der Waals surface area contributed by atoms with E-state index in [1.165, 1.54) is 6.42 Å². The van der Waals surface area contributed by atoms with E-state index in [0.717, 1.165) is 31.8 Å². The first-order chi connectivity index (χ1) is 11.1. The second-order valence-electron chi connectivity index (χ2n) is 5.50. The molecule has 0 aromatic heterocycles. The number of hydrogen-bond donors (Lipinski definition) is 2. The molecular formula is C17H19N2O4-. The van der Waals surface area contributed by atoms with Crippen molar-refractivity contribution in [1.29, 1.82) is 0 Å². The van der Waals surface area contributed by atoms with E-state index < -0.39 is 11.9 Å². The molecule has 2 N–H and O–H groups in total. The van der Waals surface area contributed by atoms with Crippen LogP contribution in [0.15, 0.2) is 36.4 Å². The fourth-order valence-electron chi connectivity index (χ4n) is 2.62. The van der Waals surface area contributed by atoms with Crippen LogP contribution in [0, 0.1) is 0 Å². The van der Waals surface area contributed by atoms with E-state index in [2.05, 4.69) is 10.6 Å². The fourth-order valence-corrected chi connectivity index (χ4v) is 2.62. The number of nitrogens with one attached hydrogen (secondary N) is 2. The topological polar surface area (TPSA) is 98.3 Å². The number of rotatable bonds is 5. The number of amides is 2. The number of carboxylic acids is 1. The molecule has 1 fully saturated rings. The molecule has 1 aromatic carbocycles. The van der Waals surface area contributed by atoms with Gasteiger partial charge in [-0.15, -0.1) is 0 Å². The summed E-state index contributed by atoms with van der Waals surface area (Å²) in [7, 11) is 0. The van der Waals surface area contributed by atoms with Gasteiger partial charge >= 0.3 is 0 Å². The first kappa shape index (κ1) is 16.7. The van der Waals surface area contributed by atoms with E-state index in [1.54, 1.807) is 24.3 Å². The van der Waals surface area contributed by atoms with E-state index in [0.29, 0.717) is 17.3 Å². The molecular weight excluding hydrogens is 296 g/mol. The molecule has 0 spiro atoms. The largest absolute Gasteiger partial charge is 0.545 e. The summed E-state index contributed by atoms with van der Waals surface area (Å²) >= 11 is 0. The zero-order valence-corrected chi connectivity index (χ0v) is 12.7. The van der Waals surface area contributed by atoms with Crippen molar-refractivity contribution < 1.29 is 19.5 Å². The van der Waals surface area contributed by atoms with Crippen LogP contribution in [0.3, 0.4) is 0 Å². The third-order valence-corrected chi connectivity index (χ3v) is 3.74. The Labute approximate surface area is 134 Å². The van der Waals surface area contributed by atoms with Crippen LogP contribution in [-0.4, -0.2) is 23.8 Å². The first-order valence-electron chi connectivity index (χ1n) is 7.66. The number of para-hydroxylation sites is 1. The lowest BCUT2D eigenvalue weighted by Crippen LogP contribution is -2.36. The van der Waals surface area contributed by atoms with Gasteiger partial charge < -0.3 is 20.5 Å². The zero-order valence-electron chi connectivity index (χ0n) is 12.7. The van der Waals surface area contributed by atoms with Gasteiger partial charge in [-0.1, -0.05) is 31.4 Å². The summed E-state index contributed by atoms with van der Waals surface area (Å²) in [5, 5.41) is 15.8. The number of benzene rings is 1. The zero-order chi connectivity index (χ0) is 16.7. The summed E-state index contributed by atoms with van der Waals surface area (Å²) in [5.74, 6) is -2.33. The molecule has 0 radical (unpaired) electrons. The highest BCUT2D eigenvalue weighted by molar-refractivity contribution is 6.07. The maximum atomic E-state index is 12.4. The van der Waals surface area contributed by atoms with Crippen LogP contribution in [0.2, 0.25) is 0 Å². The monoisotopic (exact) mass is 315 g/mol. The molecule has 2 amide bonds. The molecule has 1 saturated carbocycles. The van der Waals surface area contributed by atoms with Gasteiger partial charge in [0.1, 0.15) is 0 Å². The van der Waals surface area contributed by atoms with Crippen LogP contribution < -0.4 is 15.7 Å². The highest BCUT2D eigenvalue weighted by Crippen LogP contribution is 2.20. The fraction of sp³-hybridized carbons (Fsp3) is 0.353.